The van der Waals surface area contributed by atoms with Crippen LogP contribution in [0.1, 0.15) is 44.6 Å². The van der Waals surface area contributed by atoms with E-state index in [9.17, 15) is 0 Å². The lowest BCUT2D eigenvalue weighted by Gasteiger charge is -2.38. The second-order valence-electron chi connectivity index (χ2n) is 15.8. The topological polar surface area (TPSA) is 8.17 Å². The van der Waals surface area contributed by atoms with Crippen LogP contribution in [0, 0.1) is 11.8 Å². The van der Waals surface area contributed by atoms with Crippen molar-refractivity contribution in [1.29, 1.82) is 0 Å². The summed E-state index contributed by atoms with van der Waals surface area (Å²) in [6.45, 7) is 2.51. The Morgan fingerprint density at radius 2 is 0.868 bits per heavy atom. The lowest BCUT2D eigenvalue weighted by molar-refractivity contribution is 0.232. The van der Waals surface area contributed by atoms with Crippen LogP contribution in [-0.4, -0.2) is 4.57 Å². The molecule has 0 spiro atoms. The van der Waals surface area contributed by atoms with Gasteiger partial charge in [-0.3, -0.25) is 0 Å². The molecule has 2 fully saturated rings. The van der Waals surface area contributed by atoms with Crippen LogP contribution in [-0.2, 0) is 5.41 Å². The van der Waals surface area contributed by atoms with E-state index in [4.69, 9.17) is 0 Å². The Balaban J connectivity index is 0.978. The molecule has 2 aliphatic rings. The maximum absolute atomic E-state index is 2.51. The van der Waals surface area contributed by atoms with Gasteiger partial charge in [-0.1, -0.05) is 135 Å². The van der Waals surface area contributed by atoms with Gasteiger partial charge in [-0.05, 0) is 125 Å². The molecule has 1 aromatic heterocycles. The van der Waals surface area contributed by atoms with Gasteiger partial charge >= 0.3 is 0 Å². The summed E-state index contributed by atoms with van der Waals surface area (Å²) in [7, 11) is 0. The summed E-state index contributed by atoms with van der Waals surface area (Å²) in [5.74, 6) is 1.81. The molecule has 0 N–H and O–H groups in total. The number of hydrogen-bond donors (Lipinski definition) is 0. The van der Waals surface area contributed by atoms with Crippen molar-refractivity contribution in [2.24, 2.45) is 11.8 Å². The highest BCUT2D eigenvalue weighted by Gasteiger charge is 2.41. The largest absolute Gasteiger partial charge is 0.311 e. The second-order valence-corrected chi connectivity index (χ2v) is 15.8. The monoisotopic (exact) mass is 684 g/mol. The zero-order valence-corrected chi connectivity index (χ0v) is 30.3. The third kappa shape index (κ3) is 5.74. The number of aromatic nitrogens is 1. The normalized spacial score (nSPS) is 19.5. The molecule has 2 aliphatic carbocycles. The quantitative estimate of drug-likeness (QED) is 0.162. The Morgan fingerprint density at radius 3 is 1.38 bits per heavy atom. The first kappa shape index (κ1) is 31.8. The van der Waals surface area contributed by atoms with Crippen molar-refractivity contribution in [1.82, 2.24) is 4.57 Å². The number of anilines is 3. The number of rotatable bonds is 7. The second kappa shape index (κ2) is 13.0. The Bertz CT molecular complexity index is 2460. The third-order valence-corrected chi connectivity index (χ3v) is 12.3. The van der Waals surface area contributed by atoms with Gasteiger partial charge in [-0.25, -0.2) is 0 Å². The molecule has 0 saturated heterocycles. The minimum absolute atomic E-state index is 0.281. The van der Waals surface area contributed by atoms with Crippen LogP contribution in [0.15, 0.2) is 176 Å². The molecule has 10 rings (SSSR count). The summed E-state index contributed by atoms with van der Waals surface area (Å²) < 4.78 is 2.38. The van der Waals surface area contributed by atoms with Crippen LogP contribution in [0.5, 0.6) is 0 Å². The molecule has 258 valence electrons. The Kier molecular flexibility index (Phi) is 7.79. The molecule has 2 heteroatoms. The van der Waals surface area contributed by atoms with Crippen LogP contribution in [0.25, 0.3) is 49.7 Å². The van der Waals surface area contributed by atoms with Gasteiger partial charge in [0, 0.05) is 33.5 Å². The summed E-state index contributed by atoms with van der Waals surface area (Å²) in [4.78, 5) is 2.40. The van der Waals surface area contributed by atoms with Gasteiger partial charge in [0.05, 0.1) is 11.0 Å². The van der Waals surface area contributed by atoms with E-state index >= 15 is 0 Å². The predicted molar refractivity (Wildman–Crippen MR) is 224 cm³/mol. The SMILES string of the molecule is CC1(c2ccc(N(c3ccc(-c4ccccc4)cc3)c3ccc(-c4ccc(-n5c6ccccc6c6ccccc65)cc4)cc3)cc2)C[C@@H]2CC[C@H](C2)C1. The van der Waals surface area contributed by atoms with E-state index in [0.29, 0.717) is 0 Å². The Labute approximate surface area is 313 Å². The average Bonchev–Trinajstić information content (AvgIpc) is 3.75. The van der Waals surface area contributed by atoms with E-state index in [0.717, 1.165) is 23.2 Å². The first-order valence-corrected chi connectivity index (χ1v) is 19.3. The molecule has 7 aromatic carbocycles. The highest BCUT2D eigenvalue weighted by Crippen LogP contribution is 2.52. The third-order valence-electron chi connectivity index (χ3n) is 12.3. The van der Waals surface area contributed by atoms with Crippen LogP contribution >= 0.6 is 0 Å². The highest BCUT2D eigenvalue weighted by atomic mass is 15.1. The minimum atomic E-state index is 0.281. The van der Waals surface area contributed by atoms with Crippen molar-refractivity contribution < 1.29 is 0 Å². The minimum Gasteiger partial charge on any atom is -0.311 e. The van der Waals surface area contributed by atoms with Crippen LogP contribution in [0.3, 0.4) is 0 Å². The lowest BCUT2D eigenvalue weighted by Crippen LogP contribution is -2.30. The molecule has 0 aliphatic heterocycles. The molecule has 2 saturated carbocycles. The van der Waals surface area contributed by atoms with Gasteiger partial charge < -0.3 is 9.47 Å². The standard InChI is InChI=1S/C51H44N2/c1-51(34-36-15-16-37(33-36)35-51)42-23-31-45(32-24-42)52(43-25-17-39(18-26-43)38-9-3-2-4-10-38)44-27-19-40(20-28-44)41-21-29-46(30-22-41)53-49-13-7-5-11-47(49)48-12-6-8-14-50(48)53/h2-14,17-32,36-37H,15-16,33-35H2,1H3/t36-,37-/m1/s1. The van der Waals surface area contributed by atoms with Gasteiger partial charge in [0.15, 0.2) is 0 Å². The van der Waals surface area contributed by atoms with Crippen LogP contribution in [0.2, 0.25) is 0 Å². The Hall–Kier alpha value is -5.86. The molecule has 0 amide bonds. The summed E-state index contributed by atoms with van der Waals surface area (Å²) in [6.07, 6.45) is 6.95. The fraction of sp³-hybridized carbons (Fsp3) is 0.176. The molecule has 8 aromatic rings. The summed E-state index contributed by atoms with van der Waals surface area (Å²) >= 11 is 0. The van der Waals surface area contributed by atoms with Gasteiger partial charge in [0.2, 0.25) is 0 Å². The van der Waals surface area contributed by atoms with E-state index < -0.39 is 0 Å². The first-order chi connectivity index (χ1) is 26.1. The van der Waals surface area contributed by atoms with Gasteiger partial charge in [-0.2, -0.15) is 0 Å². The van der Waals surface area contributed by atoms with Crippen molar-refractivity contribution in [3.8, 4) is 27.9 Å². The Morgan fingerprint density at radius 1 is 0.453 bits per heavy atom. The van der Waals surface area contributed by atoms with Gasteiger partial charge in [-0.15, -0.1) is 0 Å². The number of hydrogen-bond acceptors (Lipinski definition) is 1. The first-order valence-electron chi connectivity index (χ1n) is 19.3. The number of benzene rings is 7. The highest BCUT2D eigenvalue weighted by molar-refractivity contribution is 6.09. The molecular weight excluding hydrogens is 641 g/mol. The molecule has 53 heavy (non-hydrogen) atoms. The zero-order chi connectivity index (χ0) is 35.4. The van der Waals surface area contributed by atoms with E-state index in [-0.39, 0.29) is 5.41 Å². The lowest BCUT2D eigenvalue weighted by atomic mass is 9.66. The number of nitrogens with zero attached hydrogens (tertiary/aromatic N) is 2. The molecule has 2 atom stereocenters. The van der Waals surface area contributed by atoms with E-state index in [1.54, 1.807) is 0 Å². The smallest absolute Gasteiger partial charge is 0.0541 e. The fourth-order valence-electron chi connectivity index (χ4n) is 9.84. The average molecular weight is 685 g/mol. The van der Waals surface area contributed by atoms with Crippen molar-refractivity contribution in [3.05, 3.63) is 181 Å². The molecule has 0 radical (unpaired) electrons. The molecule has 2 nitrogen and oxygen atoms in total. The predicted octanol–water partition coefficient (Wildman–Crippen LogP) is 14.1. The van der Waals surface area contributed by atoms with Crippen molar-refractivity contribution >= 4 is 38.9 Å². The van der Waals surface area contributed by atoms with Gasteiger partial charge in [0.1, 0.15) is 0 Å². The zero-order valence-electron chi connectivity index (χ0n) is 30.3. The number of fused-ring (bicyclic) bond motifs is 5. The molecule has 1 heterocycles. The van der Waals surface area contributed by atoms with Crippen LogP contribution in [0.4, 0.5) is 17.1 Å². The van der Waals surface area contributed by atoms with E-state index in [1.165, 1.54) is 93.1 Å². The van der Waals surface area contributed by atoms with Crippen molar-refractivity contribution in [3.63, 3.8) is 0 Å². The summed E-state index contributed by atoms with van der Waals surface area (Å²) in [5.41, 5.74) is 13.8. The maximum Gasteiger partial charge on any atom is 0.0541 e. The van der Waals surface area contributed by atoms with Gasteiger partial charge in [0.25, 0.3) is 0 Å². The van der Waals surface area contributed by atoms with E-state index in [2.05, 4.69) is 192 Å². The van der Waals surface area contributed by atoms with E-state index in [1.807, 2.05) is 0 Å². The summed E-state index contributed by atoms with van der Waals surface area (Å²) in [6, 6.07) is 64.7. The van der Waals surface area contributed by atoms with Crippen LogP contribution < -0.4 is 4.90 Å². The van der Waals surface area contributed by atoms with Crippen molar-refractivity contribution in [2.75, 3.05) is 4.90 Å². The maximum atomic E-state index is 2.51. The fourth-order valence-corrected chi connectivity index (χ4v) is 9.84. The van der Waals surface area contributed by atoms with Crippen molar-refractivity contribution in [2.45, 2.75) is 44.4 Å². The number of para-hydroxylation sites is 2. The molecule has 0 unspecified atom stereocenters. The molecule has 2 bridgehead atoms. The molecular formula is C51H44N2. The summed E-state index contributed by atoms with van der Waals surface area (Å²) in [5, 5.41) is 2.57.